The van der Waals surface area contributed by atoms with Gasteiger partial charge in [0.2, 0.25) is 0 Å². The van der Waals surface area contributed by atoms with Crippen molar-refractivity contribution < 1.29 is 13.9 Å². The summed E-state index contributed by atoms with van der Waals surface area (Å²) in [5.41, 5.74) is 1.74. The van der Waals surface area contributed by atoms with Gasteiger partial charge in [-0.2, -0.15) is 0 Å². The zero-order chi connectivity index (χ0) is 22.5. The smallest absolute Gasteiger partial charge is 0.256 e. The van der Waals surface area contributed by atoms with Crippen LogP contribution in [0.5, 0.6) is 5.75 Å². The molecule has 3 aromatic rings. The molecule has 0 atom stereocenters. The highest BCUT2D eigenvalue weighted by atomic mass is 19.1. The summed E-state index contributed by atoms with van der Waals surface area (Å²) in [5, 5.41) is 3.69. The molecular weight excluding hydrogens is 409 g/mol. The second kappa shape index (κ2) is 7.62. The zero-order valence-electron chi connectivity index (χ0n) is 18.4. The van der Waals surface area contributed by atoms with E-state index < -0.39 is 5.82 Å². The lowest BCUT2D eigenvalue weighted by Crippen LogP contribution is -2.51. The van der Waals surface area contributed by atoms with E-state index in [0.29, 0.717) is 31.7 Å². The molecule has 2 aliphatic rings. The van der Waals surface area contributed by atoms with Gasteiger partial charge in [0.15, 0.2) is 5.82 Å². The van der Waals surface area contributed by atoms with Gasteiger partial charge in [-0.1, -0.05) is 13.8 Å². The highest BCUT2D eigenvalue weighted by Gasteiger charge is 2.44. The highest BCUT2D eigenvalue weighted by Crippen LogP contribution is 2.44. The molecule has 8 heteroatoms. The minimum absolute atomic E-state index is 0.0695. The SMILES string of the molecule is COc1ccc(C(=O)N2CCC3(CC2)Nc2cccnc2-n2c3cnc2C(C)C)c(F)c1. The number of anilines is 1. The Morgan fingerprint density at radius 2 is 2.00 bits per heavy atom. The molecule has 0 bridgehead atoms. The molecule has 166 valence electrons. The predicted molar refractivity (Wildman–Crippen MR) is 119 cm³/mol. The van der Waals surface area contributed by atoms with Gasteiger partial charge in [-0.25, -0.2) is 14.4 Å². The van der Waals surface area contributed by atoms with Gasteiger partial charge in [-0.05, 0) is 37.1 Å². The molecular formula is C24H26FN5O2. The lowest BCUT2D eigenvalue weighted by Gasteiger charge is -2.45. The number of hydrogen-bond acceptors (Lipinski definition) is 5. The third-order valence-electron chi connectivity index (χ3n) is 6.48. The van der Waals surface area contributed by atoms with E-state index in [-0.39, 0.29) is 22.9 Å². The molecule has 0 unspecified atom stereocenters. The first-order valence-electron chi connectivity index (χ1n) is 10.9. The van der Waals surface area contributed by atoms with Crippen molar-refractivity contribution in [2.24, 2.45) is 0 Å². The largest absolute Gasteiger partial charge is 0.497 e. The van der Waals surface area contributed by atoms with Crippen molar-refractivity contribution in [3.8, 4) is 11.6 Å². The Kier molecular flexibility index (Phi) is 4.87. The summed E-state index contributed by atoms with van der Waals surface area (Å²) in [5.74, 6) is 1.60. The number of rotatable bonds is 3. The number of imidazole rings is 1. The van der Waals surface area contributed by atoms with Gasteiger partial charge in [-0.3, -0.25) is 9.36 Å². The lowest BCUT2D eigenvalue weighted by molar-refractivity contribution is 0.0671. The zero-order valence-corrected chi connectivity index (χ0v) is 18.4. The Bertz CT molecular complexity index is 1180. The van der Waals surface area contributed by atoms with E-state index >= 15 is 0 Å². The van der Waals surface area contributed by atoms with Crippen molar-refractivity contribution in [2.45, 2.75) is 38.1 Å². The lowest BCUT2D eigenvalue weighted by atomic mass is 9.82. The second-order valence-corrected chi connectivity index (χ2v) is 8.71. The van der Waals surface area contributed by atoms with Crippen LogP contribution in [-0.4, -0.2) is 45.5 Å². The van der Waals surface area contributed by atoms with Crippen LogP contribution in [0.15, 0.2) is 42.7 Å². The van der Waals surface area contributed by atoms with E-state index in [1.165, 1.54) is 19.2 Å². The molecule has 1 spiro atoms. The molecule has 1 aromatic carbocycles. The number of pyridine rings is 1. The fourth-order valence-electron chi connectivity index (χ4n) is 4.77. The van der Waals surface area contributed by atoms with Gasteiger partial charge in [0.25, 0.3) is 5.91 Å². The highest BCUT2D eigenvalue weighted by molar-refractivity contribution is 5.94. The normalized spacial score (nSPS) is 16.5. The molecule has 2 aromatic heterocycles. The van der Waals surface area contributed by atoms with Crippen LogP contribution in [0, 0.1) is 5.82 Å². The predicted octanol–water partition coefficient (Wildman–Crippen LogP) is 4.10. The summed E-state index contributed by atoms with van der Waals surface area (Å²) in [6, 6.07) is 8.30. The van der Waals surface area contributed by atoms with E-state index in [0.717, 1.165) is 23.0 Å². The second-order valence-electron chi connectivity index (χ2n) is 8.71. The van der Waals surface area contributed by atoms with Crippen molar-refractivity contribution >= 4 is 11.6 Å². The number of halogens is 1. The molecule has 1 fully saturated rings. The molecule has 5 rings (SSSR count). The van der Waals surface area contributed by atoms with Crippen molar-refractivity contribution in [3.05, 3.63) is 65.6 Å². The number of piperidine rings is 1. The number of likely N-dealkylation sites (tertiary alicyclic amines) is 1. The van der Waals surface area contributed by atoms with Gasteiger partial charge >= 0.3 is 0 Å². The first kappa shape index (κ1) is 20.5. The van der Waals surface area contributed by atoms with Crippen LogP contribution in [0.25, 0.3) is 5.82 Å². The summed E-state index contributed by atoms with van der Waals surface area (Å²) in [6.45, 7) is 5.26. The molecule has 0 radical (unpaired) electrons. The maximum Gasteiger partial charge on any atom is 0.256 e. The molecule has 1 amide bonds. The van der Waals surface area contributed by atoms with E-state index in [1.807, 2.05) is 18.3 Å². The summed E-state index contributed by atoms with van der Waals surface area (Å²) >= 11 is 0. The molecule has 0 saturated carbocycles. The van der Waals surface area contributed by atoms with Crippen LogP contribution in [0.1, 0.15) is 54.5 Å². The van der Waals surface area contributed by atoms with E-state index in [1.54, 1.807) is 17.2 Å². The van der Waals surface area contributed by atoms with Crippen molar-refractivity contribution in [3.63, 3.8) is 0 Å². The van der Waals surface area contributed by atoms with Gasteiger partial charge in [0.1, 0.15) is 17.4 Å². The van der Waals surface area contributed by atoms with Crippen molar-refractivity contribution in [2.75, 3.05) is 25.5 Å². The molecule has 1 N–H and O–H groups in total. The molecule has 0 aliphatic carbocycles. The van der Waals surface area contributed by atoms with Crippen LogP contribution in [0.2, 0.25) is 0 Å². The number of fused-ring (bicyclic) bond motifs is 4. The summed E-state index contributed by atoms with van der Waals surface area (Å²) < 4.78 is 21.7. The fourth-order valence-corrected chi connectivity index (χ4v) is 4.77. The fraction of sp³-hybridized carbons (Fsp3) is 0.375. The number of methoxy groups -OCH3 is 1. The molecule has 7 nitrogen and oxygen atoms in total. The molecule has 32 heavy (non-hydrogen) atoms. The van der Waals surface area contributed by atoms with Crippen molar-refractivity contribution in [1.82, 2.24) is 19.4 Å². The number of hydrogen-bond donors (Lipinski definition) is 1. The number of carbonyl (C=O) groups excluding carboxylic acids is 1. The molecule has 1 saturated heterocycles. The Hall–Kier alpha value is -3.42. The quantitative estimate of drug-likeness (QED) is 0.671. The number of benzene rings is 1. The molecule has 4 heterocycles. The topological polar surface area (TPSA) is 72.3 Å². The van der Waals surface area contributed by atoms with Crippen LogP contribution in [0.3, 0.4) is 0 Å². The Balaban J connectivity index is 1.44. The Morgan fingerprint density at radius 1 is 1.22 bits per heavy atom. The third-order valence-corrected chi connectivity index (χ3v) is 6.48. The van der Waals surface area contributed by atoms with Gasteiger partial charge in [0.05, 0.1) is 35.8 Å². The summed E-state index contributed by atoms with van der Waals surface area (Å²) in [7, 11) is 1.47. The maximum absolute atomic E-state index is 14.5. The van der Waals surface area contributed by atoms with Gasteiger partial charge in [-0.15, -0.1) is 0 Å². The van der Waals surface area contributed by atoms with Crippen LogP contribution >= 0.6 is 0 Å². The standard InChI is InChI=1S/C24H26FN5O2/c1-15(2)21-27-14-20-24(28-19-5-4-10-26-22(19)30(20)21)8-11-29(12-9-24)23(31)17-7-6-16(32-3)13-18(17)25/h4-7,10,13-15,28H,8-9,11-12H2,1-3H3. The number of carbonyl (C=O) groups is 1. The van der Waals surface area contributed by atoms with E-state index in [2.05, 4.69) is 28.7 Å². The summed E-state index contributed by atoms with van der Waals surface area (Å²) in [6.07, 6.45) is 5.10. The number of aromatic nitrogens is 3. The summed E-state index contributed by atoms with van der Waals surface area (Å²) in [4.78, 5) is 24.1. The average Bonchev–Trinajstić information content (AvgIpc) is 3.26. The number of nitrogens with zero attached hydrogens (tertiary/aromatic N) is 4. The number of ether oxygens (including phenoxy) is 1. The third kappa shape index (κ3) is 3.13. The first-order valence-corrected chi connectivity index (χ1v) is 10.9. The number of nitrogens with one attached hydrogen (secondary N) is 1. The Labute approximate surface area is 186 Å². The Morgan fingerprint density at radius 3 is 2.69 bits per heavy atom. The number of amides is 1. The van der Waals surface area contributed by atoms with E-state index in [9.17, 15) is 9.18 Å². The van der Waals surface area contributed by atoms with Gasteiger partial charge in [0, 0.05) is 31.3 Å². The van der Waals surface area contributed by atoms with Crippen LogP contribution < -0.4 is 10.1 Å². The van der Waals surface area contributed by atoms with Crippen LogP contribution in [0.4, 0.5) is 10.1 Å². The van der Waals surface area contributed by atoms with Crippen LogP contribution in [-0.2, 0) is 5.54 Å². The minimum Gasteiger partial charge on any atom is -0.497 e. The molecule has 2 aliphatic heterocycles. The van der Waals surface area contributed by atoms with E-state index in [4.69, 9.17) is 9.72 Å². The van der Waals surface area contributed by atoms with Crippen molar-refractivity contribution in [1.29, 1.82) is 0 Å². The maximum atomic E-state index is 14.5. The minimum atomic E-state index is -0.565. The monoisotopic (exact) mass is 435 g/mol. The van der Waals surface area contributed by atoms with Gasteiger partial charge < -0.3 is 15.0 Å². The average molecular weight is 436 g/mol. The first-order chi connectivity index (χ1) is 15.4.